The molecule has 2 aromatic carbocycles. The lowest BCUT2D eigenvalue weighted by Gasteiger charge is -2.25. The molecule has 184 valence electrons. The molecular weight excluding hydrogens is 474 g/mol. The standard InChI is InChI=1S/C24H31N3O5S2/c1-15(2)13-27(14-16(3)4)34(29,30)20-7-8-21-22(12-20)33-24(25-21)26-23(28)17-9-18(31-5)11-19(10-17)32-6/h7-12,15-16H,13-14H2,1-6H3,(H,25,26,28). The van der Waals surface area contributed by atoms with Gasteiger partial charge in [-0.15, -0.1) is 0 Å². The predicted molar refractivity (Wildman–Crippen MR) is 136 cm³/mol. The topological polar surface area (TPSA) is 97.8 Å². The number of anilines is 1. The number of fused-ring (bicyclic) bond motifs is 1. The third-order valence-corrected chi connectivity index (χ3v) is 7.73. The normalized spacial score (nSPS) is 12.0. The van der Waals surface area contributed by atoms with Crippen LogP contribution in [-0.2, 0) is 10.0 Å². The van der Waals surface area contributed by atoms with Gasteiger partial charge in [0.1, 0.15) is 11.5 Å². The Bertz CT molecular complexity index is 1240. The number of sulfonamides is 1. The average molecular weight is 506 g/mol. The number of thiazole rings is 1. The van der Waals surface area contributed by atoms with E-state index in [4.69, 9.17) is 9.47 Å². The van der Waals surface area contributed by atoms with E-state index < -0.39 is 10.0 Å². The van der Waals surface area contributed by atoms with Crippen molar-refractivity contribution in [1.29, 1.82) is 0 Å². The van der Waals surface area contributed by atoms with Crippen molar-refractivity contribution in [1.82, 2.24) is 9.29 Å². The number of rotatable bonds is 10. The molecule has 1 aromatic heterocycles. The van der Waals surface area contributed by atoms with Gasteiger partial charge in [0.2, 0.25) is 10.0 Å². The largest absolute Gasteiger partial charge is 0.497 e. The van der Waals surface area contributed by atoms with E-state index in [0.717, 1.165) is 0 Å². The van der Waals surface area contributed by atoms with Crippen LogP contribution in [0.25, 0.3) is 10.2 Å². The molecule has 34 heavy (non-hydrogen) atoms. The number of carbonyl (C=O) groups is 1. The molecule has 1 N–H and O–H groups in total. The Morgan fingerprint density at radius 3 is 2.12 bits per heavy atom. The molecule has 0 fully saturated rings. The highest BCUT2D eigenvalue weighted by Crippen LogP contribution is 2.30. The minimum absolute atomic E-state index is 0.206. The van der Waals surface area contributed by atoms with Crippen molar-refractivity contribution >= 4 is 42.6 Å². The van der Waals surface area contributed by atoms with E-state index in [1.807, 2.05) is 27.7 Å². The molecule has 10 heteroatoms. The Hall–Kier alpha value is -2.69. The van der Waals surface area contributed by atoms with Gasteiger partial charge in [-0.2, -0.15) is 4.31 Å². The second-order valence-corrected chi connectivity index (χ2v) is 11.8. The summed E-state index contributed by atoms with van der Waals surface area (Å²) < 4.78 is 39.4. The molecule has 3 aromatic rings. The van der Waals surface area contributed by atoms with Crippen LogP contribution in [0.2, 0.25) is 0 Å². The highest BCUT2D eigenvalue weighted by atomic mass is 32.2. The smallest absolute Gasteiger partial charge is 0.257 e. The second-order valence-electron chi connectivity index (χ2n) is 8.81. The van der Waals surface area contributed by atoms with Crippen LogP contribution in [0, 0.1) is 11.8 Å². The maximum atomic E-state index is 13.4. The molecule has 0 aliphatic rings. The highest BCUT2D eigenvalue weighted by Gasteiger charge is 2.26. The van der Waals surface area contributed by atoms with Gasteiger partial charge in [0.05, 0.1) is 29.3 Å². The molecule has 0 saturated carbocycles. The quantitative estimate of drug-likeness (QED) is 0.422. The van der Waals surface area contributed by atoms with E-state index in [9.17, 15) is 13.2 Å². The van der Waals surface area contributed by atoms with Crippen LogP contribution in [0.5, 0.6) is 11.5 Å². The first kappa shape index (κ1) is 25.9. The van der Waals surface area contributed by atoms with Crippen molar-refractivity contribution in [3.8, 4) is 11.5 Å². The number of benzene rings is 2. The third-order valence-electron chi connectivity index (χ3n) is 4.97. The number of nitrogens with one attached hydrogen (secondary N) is 1. The van der Waals surface area contributed by atoms with Crippen molar-refractivity contribution in [2.24, 2.45) is 11.8 Å². The van der Waals surface area contributed by atoms with Crippen LogP contribution in [0.1, 0.15) is 38.1 Å². The van der Waals surface area contributed by atoms with Crippen LogP contribution in [0.3, 0.4) is 0 Å². The van der Waals surface area contributed by atoms with Crippen molar-refractivity contribution in [3.63, 3.8) is 0 Å². The fourth-order valence-corrected chi connectivity index (χ4v) is 6.23. The van der Waals surface area contributed by atoms with Crippen molar-refractivity contribution in [2.45, 2.75) is 32.6 Å². The zero-order chi connectivity index (χ0) is 25.0. The number of hydrogen-bond acceptors (Lipinski definition) is 7. The van der Waals surface area contributed by atoms with Crippen molar-refractivity contribution < 1.29 is 22.7 Å². The van der Waals surface area contributed by atoms with Gasteiger partial charge in [0.15, 0.2) is 5.13 Å². The van der Waals surface area contributed by atoms with E-state index in [-0.39, 0.29) is 22.6 Å². The number of carbonyl (C=O) groups excluding carboxylic acids is 1. The van der Waals surface area contributed by atoms with Gasteiger partial charge in [-0.25, -0.2) is 13.4 Å². The van der Waals surface area contributed by atoms with Crippen molar-refractivity contribution in [3.05, 3.63) is 42.0 Å². The van der Waals surface area contributed by atoms with Gasteiger partial charge >= 0.3 is 0 Å². The summed E-state index contributed by atoms with van der Waals surface area (Å²) in [6, 6.07) is 9.76. The van der Waals surface area contributed by atoms with E-state index >= 15 is 0 Å². The summed E-state index contributed by atoms with van der Waals surface area (Å²) in [6.07, 6.45) is 0. The van der Waals surface area contributed by atoms with Gasteiger partial charge < -0.3 is 9.47 Å². The Labute approximate surface area is 205 Å². The first-order valence-corrected chi connectivity index (χ1v) is 13.2. The van der Waals surface area contributed by atoms with Gasteiger partial charge in [-0.3, -0.25) is 10.1 Å². The van der Waals surface area contributed by atoms with E-state index in [2.05, 4.69) is 10.3 Å². The van der Waals surface area contributed by atoms with Crippen LogP contribution >= 0.6 is 11.3 Å². The molecular formula is C24H31N3O5S2. The molecule has 0 radical (unpaired) electrons. The SMILES string of the molecule is COc1cc(OC)cc(C(=O)Nc2nc3ccc(S(=O)(=O)N(CC(C)C)CC(C)C)cc3s2)c1. The van der Waals surface area contributed by atoms with Crippen LogP contribution in [0.4, 0.5) is 5.13 Å². The lowest BCUT2D eigenvalue weighted by atomic mass is 10.2. The Balaban J connectivity index is 1.88. The number of aromatic nitrogens is 1. The summed E-state index contributed by atoms with van der Waals surface area (Å²) in [7, 11) is -0.632. The highest BCUT2D eigenvalue weighted by molar-refractivity contribution is 7.89. The van der Waals surface area contributed by atoms with E-state index in [1.165, 1.54) is 25.6 Å². The lowest BCUT2D eigenvalue weighted by molar-refractivity contribution is 0.102. The minimum Gasteiger partial charge on any atom is -0.497 e. The Morgan fingerprint density at radius 2 is 1.59 bits per heavy atom. The molecule has 1 heterocycles. The molecule has 8 nitrogen and oxygen atoms in total. The lowest BCUT2D eigenvalue weighted by Crippen LogP contribution is -2.37. The number of methoxy groups -OCH3 is 2. The Morgan fingerprint density at radius 1 is 1.00 bits per heavy atom. The first-order chi connectivity index (χ1) is 16.0. The molecule has 0 saturated heterocycles. The van der Waals surface area contributed by atoms with E-state index in [1.54, 1.807) is 40.7 Å². The fraction of sp³-hybridized carbons (Fsp3) is 0.417. The number of amides is 1. The van der Waals surface area contributed by atoms with Crippen LogP contribution in [-0.4, -0.2) is 50.9 Å². The van der Waals surface area contributed by atoms with Gasteiger partial charge in [-0.1, -0.05) is 39.0 Å². The monoisotopic (exact) mass is 505 g/mol. The zero-order valence-electron chi connectivity index (χ0n) is 20.3. The number of hydrogen-bond donors (Lipinski definition) is 1. The third kappa shape index (κ3) is 6.05. The summed E-state index contributed by atoms with van der Waals surface area (Å²) in [5.41, 5.74) is 0.971. The molecule has 0 aliphatic heterocycles. The molecule has 0 aliphatic carbocycles. The molecule has 1 amide bonds. The van der Waals surface area contributed by atoms with E-state index in [0.29, 0.717) is 45.5 Å². The van der Waals surface area contributed by atoms with Gasteiger partial charge in [-0.05, 0) is 42.2 Å². The second kappa shape index (κ2) is 10.7. The molecule has 0 spiro atoms. The molecule has 0 atom stereocenters. The summed E-state index contributed by atoms with van der Waals surface area (Å²) in [5.74, 6) is 1.03. The average Bonchev–Trinajstić information content (AvgIpc) is 3.18. The van der Waals surface area contributed by atoms with Crippen LogP contribution < -0.4 is 14.8 Å². The predicted octanol–water partition coefficient (Wildman–Crippen LogP) is 4.87. The number of ether oxygens (including phenoxy) is 2. The van der Waals surface area contributed by atoms with Gasteiger partial charge in [0.25, 0.3) is 5.91 Å². The maximum absolute atomic E-state index is 13.4. The van der Waals surface area contributed by atoms with Crippen molar-refractivity contribution in [2.75, 3.05) is 32.6 Å². The molecule has 3 rings (SSSR count). The summed E-state index contributed by atoms with van der Waals surface area (Å²) >= 11 is 1.22. The van der Waals surface area contributed by atoms with Crippen LogP contribution in [0.15, 0.2) is 41.3 Å². The minimum atomic E-state index is -3.66. The first-order valence-electron chi connectivity index (χ1n) is 11.0. The summed E-state index contributed by atoms with van der Waals surface area (Å²) in [5, 5.41) is 3.15. The molecule has 0 bridgehead atoms. The maximum Gasteiger partial charge on any atom is 0.257 e. The molecule has 0 unspecified atom stereocenters. The Kier molecular flexibility index (Phi) is 8.17. The fourth-order valence-electron chi connectivity index (χ4n) is 3.46. The van der Waals surface area contributed by atoms with Gasteiger partial charge in [0, 0.05) is 24.7 Å². The number of nitrogens with zero attached hydrogens (tertiary/aromatic N) is 2. The zero-order valence-corrected chi connectivity index (χ0v) is 21.9. The summed E-state index contributed by atoms with van der Waals surface area (Å²) in [4.78, 5) is 17.5. The summed E-state index contributed by atoms with van der Waals surface area (Å²) in [6.45, 7) is 8.91.